The molecule has 0 amide bonds. The molecule has 96 valence electrons. The molecule has 1 atom stereocenters. The van der Waals surface area contributed by atoms with Crippen molar-refractivity contribution in [3.05, 3.63) is 22.4 Å². The van der Waals surface area contributed by atoms with Gasteiger partial charge in [-0.05, 0) is 26.7 Å². The maximum Gasteiger partial charge on any atom is 0.198 e. The highest BCUT2D eigenvalue weighted by molar-refractivity contribution is 6.32. The van der Waals surface area contributed by atoms with Gasteiger partial charge < -0.3 is 4.74 Å². The van der Waals surface area contributed by atoms with Crippen molar-refractivity contribution >= 4 is 17.2 Å². The van der Waals surface area contributed by atoms with Gasteiger partial charge in [-0.3, -0.25) is 4.40 Å². The van der Waals surface area contributed by atoms with Gasteiger partial charge in [0.25, 0.3) is 0 Å². The molecule has 6 heteroatoms. The minimum atomic E-state index is 0.254. The van der Waals surface area contributed by atoms with Gasteiger partial charge in [-0.2, -0.15) is 0 Å². The normalized spacial score (nSPS) is 19.8. The van der Waals surface area contributed by atoms with Crippen LogP contribution in [0.1, 0.15) is 30.1 Å². The minimum Gasteiger partial charge on any atom is -0.378 e. The van der Waals surface area contributed by atoms with Crippen molar-refractivity contribution in [3.63, 3.8) is 0 Å². The summed E-state index contributed by atoms with van der Waals surface area (Å²) in [6.07, 6.45) is 3.25. The van der Waals surface area contributed by atoms with E-state index in [0.29, 0.717) is 10.8 Å². The summed E-state index contributed by atoms with van der Waals surface area (Å²) >= 11 is 6.10. The first-order valence-electron chi connectivity index (χ1n) is 6.15. The first kappa shape index (κ1) is 11.9. The van der Waals surface area contributed by atoms with Crippen molar-refractivity contribution in [2.24, 2.45) is 0 Å². The van der Waals surface area contributed by atoms with Gasteiger partial charge in [-0.15, -0.1) is 10.2 Å². The van der Waals surface area contributed by atoms with E-state index in [4.69, 9.17) is 16.3 Å². The number of rotatable bonds is 2. The number of hydrogen-bond acceptors (Lipinski definition) is 4. The van der Waals surface area contributed by atoms with E-state index in [1.165, 1.54) is 0 Å². The molecule has 0 saturated carbocycles. The predicted octanol–water partition coefficient (Wildman–Crippen LogP) is 2.12. The Morgan fingerprint density at radius 3 is 2.94 bits per heavy atom. The summed E-state index contributed by atoms with van der Waals surface area (Å²) in [6, 6.07) is 0. The summed E-state index contributed by atoms with van der Waals surface area (Å²) in [6.45, 7) is 4.80. The van der Waals surface area contributed by atoms with E-state index in [2.05, 4.69) is 15.2 Å². The number of ether oxygens (including phenoxy) is 1. The molecule has 2 aromatic heterocycles. The molecule has 0 bridgehead atoms. The van der Waals surface area contributed by atoms with Crippen LogP contribution in [0.15, 0.2) is 0 Å². The van der Waals surface area contributed by atoms with Crippen LogP contribution >= 0.6 is 11.6 Å². The number of nitrogens with zero attached hydrogens (tertiary/aromatic N) is 4. The second kappa shape index (κ2) is 4.48. The molecule has 0 aromatic carbocycles. The number of fused-ring (bicyclic) bond motifs is 1. The lowest BCUT2D eigenvalue weighted by atomic mass is 10.2. The Bertz CT molecular complexity index is 589. The van der Waals surface area contributed by atoms with E-state index in [-0.39, 0.29) is 6.10 Å². The summed E-state index contributed by atoms with van der Waals surface area (Å²) in [4.78, 5) is 4.26. The number of aryl methyl sites for hydroxylation is 2. The van der Waals surface area contributed by atoms with Crippen LogP contribution < -0.4 is 0 Å². The molecule has 5 nitrogen and oxygen atoms in total. The van der Waals surface area contributed by atoms with Crippen molar-refractivity contribution in [2.75, 3.05) is 6.61 Å². The highest BCUT2D eigenvalue weighted by Gasteiger charge is 2.21. The van der Waals surface area contributed by atoms with Crippen molar-refractivity contribution in [1.82, 2.24) is 19.6 Å². The van der Waals surface area contributed by atoms with E-state index in [0.717, 1.165) is 43.1 Å². The Kier molecular flexibility index (Phi) is 2.95. The van der Waals surface area contributed by atoms with Crippen LogP contribution in [0.3, 0.4) is 0 Å². The van der Waals surface area contributed by atoms with E-state index in [1.807, 2.05) is 18.2 Å². The molecule has 2 aromatic rings. The topological polar surface area (TPSA) is 52.3 Å². The molecule has 0 spiro atoms. The molecule has 1 aliphatic heterocycles. The Balaban J connectivity index is 2.06. The molecule has 0 radical (unpaired) electrons. The molecule has 1 unspecified atom stereocenters. The highest BCUT2D eigenvalue weighted by atomic mass is 35.5. The third kappa shape index (κ3) is 1.87. The molecule has 3 rings (SSSR count). The largest absolute Gasteiger partial charge is 0.378 e. The fourth-order valence-corrected chi connectivity index (χ4v) is 2.63. The standard InChI is InChI=1S/C12H15ClN4O/c1-7-8(2)17-10(6-9-4-3-5-18-9)15-16-12(17)11(13)14-7/h9H,3-6H2,1-2H3. The minimum absolute atomic E-state index is 0.254. The average Bonchev–Trinajstić information content (AvgIpc) is 2.96. The summed E-state index contributed by atoms with van der Waals surface area (Å²) < 4.78 is 7.64. The summed E-state index contributed by atoms with van der Waals surface area (Å²) in [5, 5.41) is 8.76. The SMILES string of the molecule is Cc1nc(Cl)c2nnc(CC3CCCO3)n2c1C. The number of aromatic nitrogens is 4. The zero-order valence-electron chi connectivity index (χ0n) is 10.5. The van der Waals surface area contributed by atoms with Crippen LogP contribution in [0.5, 0.6) is 0 Å². The predicted molar refractivity (Wildman–Crippen MR) is 67.9 cm³/mol. The monoisotopic (exact) mass is 266 g/mol. The fourth-order valence-electron chi connectivity index (χ4n) is 2.38. The Hall–Kier alpha value is -1.20. The molecule has 3 heterocycles. The van der Waals surface area contributed by atoms with Gasteiger partial charge in [-0.25, -0.2) is 4.98 Å². The van der Waals surface area contributed by atoms with Crippen molar-refractivity contribution < 1.29 is 4.74 Å². The van der Waals surface area contributed by atoms with Crippen molar-refractivity contribution in [2.45, 2.75) is 39.2 Å². The lowest BCUT2D eigenvalue weighted by Crippen LogP contribution is -2.13. The summed E-state index contributed by atoms with van der Waals surface area (Å²) in [7, 11) is 0. The molecule has 1 saturated heterocycles. The van der Waals surface area contributed by atoms with Crippen LogP contribution in [-0.2, 0) is 11.2 Å². The van der Waals surface area contributed by atoms with Gasteiger partial charge in [0, 0.05) is 18.7 Å². The summed E-state index contributed by atoms with van der Waals surface area (Å²) in [5.41, 5.74) is 2.57. The molecule has 0 N–H and O–H groups in total. The molecule has 1 aliphatic rings. The Labute approximate surface area is 110 Å². The van der Waals surface area contributed by atoms with Crippen molar-refractivity contribution in [1.29, 1.82) is 0 Å². The van der Waals surface area contributed by atoms with Crippen LogP contribution in [0.4, 0.5) is 0 Å². The second-order valence-electron chi connectivity index (χ2n) is 4.69. The molecular weight excluding hydrogens is 252 g/mol. The van der Waals surface area contributed by atoms with Crippen LogP contribution in [-0.4, -0.2) is 32.3 Å². The lowest BCUT2D eigenvalue weighted by molar-refractivity contribution is 0.109. The smallest absolute Gasteiger partial charge is 0.198 e. The third-order valence-electron chi connectivity index (χ3n) is 3.47. The number of halogens is 1. The van der Waals surface area contributed by atoms with Gasteiger partial charge in [0.1, 0.15) is 5.82 Å². The van der Waals surface area contributed by atoms with E-state index in [1.54, 1.807) is 0 Å². The zero-order valence-corrected chi connectivity index (χ0v) is 11.2. The maximum absolute atomic E-state index is 6.10. The molecular formula is C12H15ClN4O. The highest BCUT2D eigenvalue weighted by Crippen LogP contribution is 2.21. The molecule has 1 fully saturated rings. The second-order valence-corrected chi connectivity index (χ2v) is 5.05. The van der Waals surface area contributed by atoms with Gasteiger partial charge in [0.2, 0.25) is 0 Å². The van der Waals surface area contributed by atoms with E-state index >= 15 is 0 Å². The first-order valence-corrected chi connectivity index (χ1v) is 6.53. The third-order valence-corrected chi connectivity index (χ3v) is 3.73. The number of hydrogen-bond donors (Lipinski definition) is 0. The lowest BCUT2D eigenvalue weighted by Gasteiger charge is -2.10. The van der Waals surface area contributed by atoms with Gasteiger partial charge >= 0.3 is 0 Å². The molecule has 18 heavy (non-hydrogen) atoms. The fraction of sp³-hybridized carbons (Fsp3) is 0.583. The van der Waals surface area contributed by atoms with Gasteiger partial charge in [0.15, 0.2) is 10.8 Å². The van der Waals surface area contributed by atoms with Crippen LogP contribution in [0, 0.1) is 13.8 Å². The van der Waals surface area contributed by atoms with Crippen molar-refractivity contribution in [3.8, 4) is 0 Å². The van der Waals surface area contributed by atoms with E-state index < -0.39 is 0 Å². The van der Waals surface area contributed by atoms with E-state index in [9.17, 15) is 0 Å². The van der Waals surface area contributed by atoms with Crippen LogP contribution in [0.25, 0.3) is 5.65 Å². The van der Waals surface area contributed by atoms with Crippen LogP contribution in [0.2, 0.25) is 5.15 Å². The Morgan fingerprint density at radius 1 is 1.39 bits per heavy atom. The quantitative estimate of drug-likeness (QED) is 0.835. The molecule has 0 aliphatic carbocycles. The Morgan fingerprint density at radius 2 is 2.22 bits per heavy atom. The first-order chi connectivity index (χ1) is 8.66. The summed E-state index contributed by atoms with van der Waals surface area (Å²) in [5.74, 6) is 0.904. The van der Waals surface area contributed by atoms with Gasteiger partial charge in [0.05, 0.1) is 11.8 Å². The maximum atomic E-state index is 6.10. The zero-order chi connectivity index (χ0) is 12.7. The van der Waals surface area contributed by atoms with Gasteiger partial charge in [-0.1, -0.05) is 11.6 Å². The average molecular weight is 267 g/mol.